The maximum atomic E-state index is 13.8. The van der Waals surface area contributed by atoms with Crippen LogP contribution < -0.4 is 21.4 Å². The molecule has 0 bridgehead atoms. The molecular weight excluding hydrogens is 605 g/mol. The van der Waals surface area contributed by atoms with Crippen molar-refractivity contribution in [3.8, 4) is 5.88 Å². The number of nitrogens with zero attached hydrogens (tertiary/aromatic N) is 5. The van der Waals surface area contributed by atoms with Gasteiger partial charge in [-0.2, -0.15) is 9.97 Å². The number of aliphatic hydroxyl groups excluding tert-OH is 1. The topological polar surface area (TPSA) is 238 Å². The van der Waals surface area contributed by atoms with Crippen LogP contribution in [0.4, 0.5) is 5.95 Å². The van der Waals surface area contributed by atoms with Gasteiger partial charge in [-0.05, 0) is 20.6 Å². The third-order valence-corrected chi connectivity index (χ3v) is 8.29. The van der Waals surface area contributed by atoms with Gasteiger partial charge in [-0.25, -0.2) is 19.4 Å². The molecule has 1 aliphatic rings. The van der Waals surface area contributed by atoms with E-state index in [9.17, 15) is 19.3 Å². The predicted molar refractivity (Wildman–Crippen MR) is 153 cm³/mol. The number of anilines is 1. The first-order valence-corrected chi connectivity index (χ1v) is 15.2. The fourth-order valence-corrected chi connectivity index (χ4v) is 5.80. The Morgan fingerprint density at radius 2 is 2.09 bits per heavy atom. The summed E-state index contributed by atoms with van der Waals surface area (Å²) < 4.78 is 53.2. The first kappa shape index (κ1) is 33.2. The van der Waals surface area contributed by atoms with Crippen molar-refractivity contribution in [3.63, 3.8) is 0 Å². The number of carbonyl (C=O) groups excluding carboxylic acids is 1. The van der Waals surface area contributed by atoms with Crippen LogP contribution in [0.3, 0.4) is 0 Å². The molecule has 5 atom stereocenters. The van der Waals surface area contributed by atoms with E-state index >= 15 is 0 Å². The zero-order chi connectivity index (χ0) is 32.2. The molecule has 1 saturated heterocycles. The van der Waals surface area contributed by atoms with Gasteiger partial charge in [0.05, 0.1) is 19.5 Å². The Hall–Kier alpha value is -3.67. The van der Waals surface area contributed by atoms with Crippen molar-refractivity contribution in [1.82, 2.24) is 24.6 Å². The number of nitrogen functional groups attached to an aromatic ring is 1. The lowest BCUT2D eigenvalue weighted by Crippen LogP contribution is -2.43. The molecule has 1 fully saturated rings. The number of rotatable bonds is 15. The van der Waals surface area contributed by atoms with Gasteiger partial charge in [0.2, 0.25) is 11.8 Å². The number of esters is 1. The zero-order valence-corrected chi connectivity index (χ0v) is 25.8. The Bertz CT molecular complexity index is 1590. The second kappa shape index (κ2) is 13.5. The molecule has 3 aromatic rings. The zero-order valence-electron chi connectivity index (χ0n) is 24.9. The summed E-state index contributed by atoms with van der Waals surface area (Å²) in [6.45, 7) is 10.9. The quantitative estimate of drug-likeness (QED) is 0.0926. The largest absolute Gasteiger partial charge is 0.519 e. The van der Waals surface area contributed by atoms with Crippen LogP contribution in [0.25, 0.3) is 11.2 Å². The van der Waals surface area contributed by atoms with Gasteiger partial charge in [-0.1, -0.05) is 13.8 Å². The maximum absolute atomic E-state index is 13.8. The number of carbonyl (C=O) groups is 1. The lowest BCUT2D eigenvalue weighted by molar-refractivity contribution is -0.140. The van der Waals surface area contributed by atoms with Crippen molar-refractivity contribution in [2.45, 2.75) is 71.1 Å². The van der Waals surface area contributed by atoms with Gasteiger partial charge in [0.1, 0.15) is 31.0 Å². The monoisotopic (exact) mass is 641 g/mol. The smallest absolute Gasteiger partial charge is 0.476 e. The summed E-state index contributed by atoms with van der Waals surface area (Å²) >= 11 is 0. The van der Waals surface area contributed by atoms with E-state index in [1.165, 1.54) is 17.8 Å². The molecule has 4 rings (SSSR count). The number of imidazole rings is 1. The van der Waals surface area contributed by atoms with Crippen molar-refractivity contribution in [2.24, 2.45) is 4.99 Å². The van der Waals surface area contributed by atoms with Gasteiger partial charge in [0.25, 0.3) is 0 Å². The van der Waals surface area contributed by atoms with Crippen LogP contribution in [-0.2, 0) is 34.5 Å². The Balaban J connectivity index is 1.56. The molecule has 3 aromatic heterocycles. The molecule has 0 spiro atoms. The minimum Gasteiger partial charge on any atom is -0.476 e. The van der Waals surface area contributed by atoms with E-state index < -0.39 is 56.7 Å². The summed E-state index contributed by atoms with van der Waals surface area (Å²) in [4.78, 5) is 39.7. The van der Waals surface area contributed by atoms with Crippen molar-refractivity contribution < 1.29 is 46.6 Å². The van der Waals surface area contributed by atoms with Crippen molar-refractivity contribution in [1.29, 1.82) is 0 Å². The number of aliphatic hydroxyl groups is 1. The number of ether oxygens (including phenoxy) is 3. The third kappa shape index (κ3) is 7.00. The van der Waals surface area contributed by atoms with Gasteiger partial charge in [-0.3, -0.25) is 23.4 Å². The SMILES string of the molecule is C=N[C@]1(C)[C@H](O)[C@@H](COP(=O)(NCCOC(C)=O)OCc2oc(=O)oc2C(C)C)O[C@H]1n1cnc2c(OCC)nc(N)nc21. The molecule has 0 radical (unpaired) electrons. The maximum Gasteiger partial charge on any atom is 0.519 e. The minimum atomic E-state index is -4.21. The molecule has 1 aliphatic heterocycles. The van der Waals surface area contributed by atoms with Crippen LogP contribution in [0.1, 0.15) is 58.3 Å². The number of aliphatic imine (C=N–C) groups is 1. The molecule has 0 saturated carbocycles. The molecule has 4 N–H and O–H groups in total. The summed E-state index contributed by atoms with van der Waals surface area (Å²) in [6, 6.07) is 0. The number of nitrogens with two attached hydrogens (primary N) is 1. The first-order valence-electron chi connectivity index (χ1n) is 13.7. The Morgan fingerprint density at radius 3 is 2.75 bits per heavy atom. The summed E-state index contributed by atoms with van der Waals surface area (Å²) in [6.07, 6.45) is -2.02. The van der Waals surface area contributed by atoms with E-state index in [1.54, 1.807) is 27.7 Å². The third-order valence-electron chi connectivity index (χ3n) is 6.72. The number of hydrogen-bond donors (Lipinski definition) is 3. The Morgan fingerprint density at radius 1 is 1.34 bits per heavy atom. The molecule has 0 aliphatic carbocycles. The van der Waals surface area contributed by atoms with Crippen LogP contribution in [-0.4, -0.2) is 81.4 Å². The van der Waals surface area contributed by atoms with Crippen molar-refractivity contribution >= 4 is 37.5 Å². The van der Waals surface area contributed by atoms with Gasteiger partial charge in [-0.15, -0.1) is 0 Å². The van der Waals surface area contributed by atoms with Crippen LogP contribution in [0.5, 0.6) is 5.88 Å². The van der Waals surface area contributed by atoms with E-state index in [0.717, 1.165) is 0 Å². The normalized spacial score (nSPS) is 23.2. The van der Waals surface area contributed by atoms with E-state index in [-0.39, 0.29) is 48.1 Å². The Kier molecular flexibility index (Phi) is 10.2. The molecular formula is C25H36N7O11P. The minimum absolute atomic E-state index is 0.0240. The lowest BCUT2D eigenvalue weighted by Gasteiger charge is -2.28. The molecule has 1 unspecified atom stereocenters. The molecule has 0 aromatic carbocycles. The van der Waals surface area contributed by atoms with Gasteiger partial charge < -0.3 is 33.9 Å². The van der Waals surface area contributed by atoms with Crippen LogP contribution >= 0.6 is 7.75 Å². The van der Waals surface area contributed by atoms with Crippen LogP contribution in [0.2, 0.25) is 0 Å². The van der Waals surface area contributed by atoms with Gasteiger partial charge >= 0.3 is 19.5 Å². The average Bonchev–Trinajstić information content (AvgIpc) is 3.63. The summed E-state index contributed by atoms with van der Waals surface area (Å²) in [5, 5.41) is 13.9. The summed E-state index contributed by atoms with van der Waals surface area (Å²) in [5.41, 5.74) is 5.12. The second-order valence-electron chi connectivity index (χ2n) is 10.2. The van der Waals surface area contributed by atoms with Crippen LogP contribution in [0.15, 0.2) is 24.9 Å². The fraction of sp³-hybridized carbons (Fsp3) is 0.600. The molecule has 19 heteroatoms. The fourth-order valence-electron chi connectivity index (χ4n) is 4.54. The molecule has 4 heterocycles. The first-order chi connectivity index (χ1) is 20.8. The van der Waals surface area contributed by atoms with E-state index in [1.807, 2.05) is 0 Å². The number of nitrogens with one attached hydrogen (secondary N) is 1. The molecule has 0 amide bonds. The summed E-state index contributed by atoms with van der Waals surface area (Å²) in [7, 11) is -4.21. The van der Waals surface area contributed by atoms with Crippen molar-refractivity contribution in [3.05, 3.63) is 28.5 Å². The molecule has 44 heavy (non-hydrogen) atoms. The van der Waals surface area contributed by atoms with E-state index in [4.69, 9.17) is 37.8 Å². The van der Waals surface area contributed by atoms with E-state index in [2.05, 4.69) is 31.7 Å². The van der Waals surface area contributed by atoms with Gasteiger partial charge in [0, 0.05) is 19.4 Å². The van der Waals surface area contributed by atoms with Crippen LogP contribution in [0, 0.1) is 0 Å². The number of fused-ring (bicyclic) bond motifs is 1. The highest BCUT2D eigenvalue weighted by molar-refractivity contribution is 7.51. The lowest BCUT2D eigenvalue weighted by atomic mass is 9.93. The van der Waals surface area contributed by atoms with Crippen molar-refractivity contribution in [2.75, 3.05) is 32.1 Å². The second-order valence-corrected chi connectivity index (χ2v) is 12.0. The standard InChI is InChI=1S/C25H36N7O11P/c1-7-37-21-17-20(30-23(26)31-21)32(12-28-17)22-25(5,27-6)19(34)16(41-22)11-40-44(36,29-8-9-38-14(4)33)39-10-15-18(13(2)3)43-24(35)42-15/h12-13,16,19,22,34H,6-11H2,1-5H3,(H,29,36)(H2,26,30,31)/t16-,19-,22-,25-,44?/m1/s1. The Labute approximate surface area is 251 Å². The van der Waals surface area contributed by atoms with E-state index in [0.29, 0.717) is 12.1 Å². The average molecular weight is 642 g/mol. The predicted octanol–water partition coefficient (Wildman–Crippen LogP) is 1.69. The number of aromatic nitrogens is 4. The van der Waals surface area contributed by atoms with Gasteiger partial charge in [0.15, 0.2) is 28.9 Å². The molecule has 18 nitrogen and oxygen atoms in total. The molecule has 242 valence electrons. The highest BCUT2D eigenvalue weighted by Gasteiger charge is 2.55. The number of hydrogen-bond acceptors (Lipinski definition) is 16. The highest BCUT2D eigenvalue weighted by Crippen LogP contribution is 2.48. The highest BCUT2D eigenvalue weighted by atomic mass is 31.2. The summed E-state index contributed by atoms with van der Waals surface area (Å²) in [5.74, 6) is -1.36.